The molecule has 1 aliphatic heterocycles. The quantitative estimate of drug-likeness (QED) is 0.858. The minimum atomic E-state index is 0.0612. The summed E-state index contributed by atoms with van der Waals surface area (Å²) >= 11 is 1.65. The molecule has 1 fully saturated rings. The lowest BCUT2D eigenvalue weighted by Crippen LogP contribution is -2.38. The van der Waals surface area contributed by atoms with Crippen molar-refractivity contribution in [2.24, 2.45) is 7.05 Å². The number of imidazole rings is 1. The molecule has 3 heterocycles. The van der Waals surface area contributed by atoms with E-state index in [2.05, 4.69) is 24.8 Å². The Kier molecular flexibility index (Phi) is 3.63. The van der Waals surface area contributed by atoms with Gasteiger partial charge in [-0.25, -0.2) is 9.97 Å². The van der Waals surface area contributed by atoms with Crippen LogP contribution in [0.5, 0.6) is 0 Å². The topological polar surface area (TPSA) is 43.2 Å². The van der Waals surface area contributed by atoms with Crippen LogP contribution in [0.1, 0.15) is 23.3 Å². The molecule has 0 N–H and O–H groups in total. The highest BCUT2D eigenvalue weighted by Crippen LogP contribution is 2.22. The fraction of sp³-hybridized carbons (Fsp3) is 0.538. The number of morpholine rings is 1. The summed E-state index contributed by atoms with van der Waals surface area (Å²) in [7, 11) is 2.03. The van der Waals surface area contributed by atoms with E-state index in [9.17, 15) is 0 Å². The zero-order chi connectivity index (χ0) is 13.2. The third kappa shape index (κ3) is 2.86. The van der Waals surface area contributed by atoms with Crippen LogP contribution in [-0.2, 0) is 18.3 Å². The molecule has 1 aliphatic rings. The first-order valence-corrected chi connectivity index (χ1v) is 7.37. The summed E-state index contributed by atoms with van der Waals surface area (Å²) < 4.78 is 7.93. The number of aryl methyl sites for hydroxylation is 2. The van der Waals surface area contributed by atoms with Crippen molar-refractivity contribution in [3.8, 4) is 0 Å². The van der Waals surface area contributed by atoms with E-state index >= 15 is 0 Å². The molecule has 0 aliphatic carbocycles. The van der Waals surface area contributed by atoms with Crippen molar-refractivity contribution < 1.29 is 4.74 Å². The second kappa shape index (κ2) is 5.40. The molecular weight excluding hydrogens is 260 g/mol. The number of nitrogens with zero attached hydrogens (tertiary/aromatic N) is 4. The van der Waals surface area contributed by atoms with E-state index in [0.717, 1.165) is 43.5 Å². The number of rotatable bonds is 3. The maximum Gasteiger partial charge on any atom is 0.139 e. The summed E-state index contributed by atoms with van der Waals surface area (Å²) in [6.45, 7) is 5.49. The lowest BCUT2D eigenvalue weighted by atomic mass is 10.2. The first kappa shape index (κ1) is 12.8. The summed E-state index contributed by atoms with van der Waals surface area (Å²) in [5.41, 5.74) is 4.06. The molecule has 0 unspecified atom stereocenters. The summed E-state index contributed by atoms with van der Waals surface area (Å²) in [5.74, 6) is 1.01. The molecule has 0 aromatic carbocycles. The van der Waals surface area contributed by atoms with Gasteiger partial charge in [0.05, 0.1) is 23.5 Å². The van der Waals surface area contributed by atoms with Crippen molar-refractivity contribution in [1.82, 2.24) is 19.4 Å². The molecule has 2 aromatic heterocycles. The molecule has 5 nitrogen and oxygen atoms in total. The summed E-state index contributed by atoms with van der Waals surface area (Å²) in [6.07, 6.45) is 2.10. The van der Waals surface area contributed by atoms with Gasteiger partial charge in [-0.1, -0.05) is 0 Å². The number of thiazole rings is 1. The van der Waals surface area contributed by atoms with E-state index in [1.54, 1.807) is 11.3 Å². The number of hydrogen-bond donors (Lipinski definition) is 0. The summed E-state index contributed by atoms with van der Waals surface area (Å²) in [4.78, 5) is 11.3. The molecule has 0 spiro atoms. The number of ether oxygens (including phenoxy) is 1. The molecule has 19 heavy (non-hydrogen) atoms. The first-order valence-electron chi connectivity index (χ1n) is 6.43. The monoisotopic (exact) mass is 278 g/mol. The molecule has 0 radical (unpaired) electrons. The van der Waals surface area contributed by atoms with E-state index in [4.69, 9.17) is 4.74 Å². The third-order valence-electron chi connectivity index (χ3n) is 3.34. The fourth-order valence-electron chi connectivity index (χ4n) is 2.48. The summed E-state index contributed by atoms with van der Waals surface area (Å²) in [5, 5.41) is 2.11. The van der Waals surface area contributed by atoms with Crippen LogP contribution in [0.15, 0.2) is 17.1 Å². The van der Waals surface area contributed by atoms with Crippen LogP contribution in [0.2, 0.25) is 0 Å². The van der Waals surface area contributed by atoms with Crippen LogP contribution in [0.4, 0.5) is 0 Å². The third-order valence-corrected chi connectivity index (χ3v) is 3.98. The summed E-state index contributed by atoms with van der Waals surface area (Å²) in [6, 6.07) is 0. The van der Waals surface area contributed by atoms with Gasteiger partial charge in [0.15, 0.2) is 0 Å². The van der Waals surface area contributed by atoms with Gasteiger partial charge in [0.25, 0.3) is 0 Å². The van der Waals surface area contributed by atoms with Crippen molar-refractivity contribution >= 4 is 11.3 Å². The van der Waals surface area contributed by atoms with Gasteiger partial charge >= 0.3 is 0 Å². The molecule has 0 amide bonds. The van der Waals surface area contributed by atoms with E-state index < -0.39 is 0 Å². The highest BCUT2D eigenvalue weighted by atomic mass is 32.1. The van der Waals surface area contributed by atoms with E-state index in [1.807, 2.05) is 25.7 Å². The molecular formula is C13H18N4OS. The van der Waals surface area contributed by atoms with Crippen molar-refractivity contribution in [3.63, 3.8) is 0 Å². The molecule has 102 valence electrons. The van der Waals surface area contributed by atoms with Gasteiger partial charge in [-0.05, 0) is 6.92 Å². The number of hydrogen-bond acceptors (Lipinski definition) is 5. The van der Waals surface area contributed by atoms with Crippen LogP contribution < -0.4 is 0 Å². The van der Waals surface area contributed by atoms with Crippen molar-refractivity contribution in [3.05, 3.63) is 34.3 Å². The van der Waals surface area contributed by atoms with Gasteiger partial charge in [0, 0.05) is 38.3 Å². The van der Waals surface area contributed by atoms with Crippen LogP contribution in [0.3, 0.4) is 0 Å². The standard InChI is InChI=1S/C13H18N4OS/c1-10-5-16(2)13(15-10)12-7-17(3-4-18-12)6-11-8-19-9-14-11/h5,8-9,12H,3-4,6-7H2,1-2H3/t12-/m0/s1. The van der Waals surface area contributed by atoms with Crippen molar-refractivity contribution in [2.75, 3.05) is 19.7 Å². The zero-order valence-corrected chi connectivity index (χ0v) is 12.1. The average molecular weight is 278 g/mol. The molecule has 1 saturated heterocycles. The Hall–Kier alpha value is -1.24. The van der Waals surface area contributed by atoms with Crippen LogP contribution in [0.25, 0.3) is 0 Å². The molecule has 0 bridgehead atoms. The van der Waals surface area contributed by atoms with Gasteiger partial charge in [-0.15, -0.1) is 11.3 Å². The predicted molar refractivity (Wildman–Crippen MR) is 74.0 cm³/mol. The van der Waals surface area contributed by atoms with Crippen molar-refractivity contribution in [1.29, 1.82) is 0 Å². The van der Waals surface area contributed by atoms with Crippen molar-refractivity contribution in [2.45, 2.75) is 19.6 Å². The van der Waals surface area contributed by atoms with E-state index in [0.29, 0.717) is 0 Å². The molecule has 3 rings (SSSR count). The van der Waals surface area contributed by atoms with Crippen LogP contribution >= 0.6 is 11.3 Å². The maximum atomic E-state index is 5.86. The SMILES string of the molecule is Cc1cn(C)c([C@@H]2CN(Cc3cscn3)CCO2)n1. The Morgan fingerprint density at radius 3 is 3.11 bits per heavy atom. The molecule has 0 saturated carbocycles. The normalized spacial score (nSPS) is 20.8. The first-order chi connectivity index (χ1) is 9.22. The average Bonchev–Trinajstić information content (AvgIpc) is 2.99. The largest absolute Gasteiger partial charge is 0.368 e. The second-order valence-electron chi connectivity index (χ2n) is 4.93. The smallest absolute Gasteiger partial charge is 0.139 e. The zero-order valence-electron chi connectivity index (χ0n) is 11.2. The maximum absolute atomic E-state index is 5.86. The fourth-order valence-corrected chi connectivity index (χ4v) is 3.03. The number of aromatic nitrogens is 3. The minimum absolute atomic E-state index is 0.0612. The Labute approximate surface area is 116 Å². The Balaban J connectivity index is 1.69. The Morgan fingerprint density at radius 2 is 2.42 bits per heavy atom. The predicted octanol–water partition coefficient (Wildman–Crippen LogP) is 1.76. The lowest BCUT2D eigenvalue weighted by molar-refractivity contribution is -0.0387. The Bertz CT molecular complexity index is 537. The lowest BCUT2D eigenvalue weighted by Gasteiger charge is -2.32. The highest BCUT2D eigenvalue weighted by molar-refractivity contribution is 7.07. The highest BCUT2D eigenvalue weighted by Gasteiger charge is 2.25. The van der Waals surface area contributed by atoms with Gasteiger partial charge < -0.3 is 9.30 Å². The Morgan fingerprint density at radius 1 is 1.53 bits per heavy atom. The van der Waals surface area contributed by atoms with E-state index in [1.165, 1.54) is 0 Å². The second-order valence-corrected chi connectivity index (χ2v) is 5.64. The van der Waals surface area contributed by atoms with Gasteiger partial charge in [-0.3, -0.25) is 4.90 Å². The van der Waals surface area contributed by atoms with Crippen LogP contribution in [0, 0.1) is 6.92 Å². The van der Waals surface area contributed by atoms with Crippen LogP contribution in [-0.4, -0.2) is 39.1 Å². The molecule has 2 aromatic rings. The van der Waals surface area contributed by atoms with Gasteiger partial charge in [-0.2, -0.15) is 0 Å². The van der Waals surface area contributed by atoms with Gasteiger partial charge in [0.2, 0.25) is 0 Å². The van der Waals surface area contributed by atoms with Gasteiger partial charge in [0.1, 0.15) is 11.9 Å². The van der Waals surface area contributed by atoms with E-state index in [-0.39, 0.29) is 6.10 Å². The molecule has 6 heteroatoms. The molecule has 1 atom stereocenters. The minimum Gasteiger partial charge on any atom is -0.368 e.